The van der Waals surface area contributed by atoms with Gasteiger partial charge in [0.2, 0.25) is 0 Å². The Labute approximate surface area is 127 Å². The van der Waals surface area contributed by atoms with Crippen LogP contribution in [0.15, 0.2) is 18.2 Å². The molecule has 4 nitrogen and oxygen atoms in total. The Kier molecular flexibility index (Phi) is 5.10. The fourth-order valence-electron chi connectivity index (χ4n) is 3.12. The summed E-state index contributed by atoms with van der Waals surface area (Å²) >= 11 is 0. The molecule has 21 heavy (non-hydrogen) atoms. The summed E-state index contributed by atoms with van der Waals surface area (Å²) in [5.41, 5.74) is 8.16. The highest BCUT2D eigenvalue weighted by molar-refractivity contribution is 6.00. The second kappa shape index (κ2) is 6.83. The maximum absolute atomic E-state index is 12.8. The maximum atomic E-state index is 12.8. The molecule has 1 amide bonds. The van der Waals surface area contributed by atoms with Gasteiger partial charge in [0.15, 0.2) is 0 Å². The standard InChI is InChI=1S/C17H27N3O/c1-4-5-13-8-10-20(11-9-13)17(21)15-12-14(18)6-7-16(15)19(2)3/h6-7,12-13H,4-5,8-11,18H2,1-3H3. The van der Waals surface area contributed by atoms with Crippen molar-refractivity contribution in [2.75, 3.05) is 37.8 Å². The molecule has 1 fully saturated rings. The van der Waals surface area contributed by atoms with Crippen LogP contribution >= 0.6 is 0 Å². The molecule has 0 unspecified atom stereocenters. The summed E-state index contributed by atoms with van der Waals surface area (Å²) in [7, 11) is 3.91. The fourth-order valence-corrected chi connectivity index (χ4v) is 3.12. The number of nitrogens with two attached hydrogens (primary N) is 1. The molecule has 1 heterocycles. The second-order valence-electron chi connectivity index (χ2n) is 6.20. The number of carbonyl (C=O) groups excluding carboxylic acids is 1. The van der Waals surface area contributed by atoms with Gasteiger partial charge in [-0.2, -0.15) is 0 Å². The molecular formula is C17H27N3O. The Bertz CT molecular complexity index is 491. The predicted molar refractivity (Wildman–Crippen MR) is 88.7 cm³/mol. The zero-order chi connectivity index (χ0) is 15.4. The van der Waals surface area contributed by atoms with Crippen LogP contribution < -0.4 is 10.6 Å². The molecular weight excluding hydrogens is 262 g/mol. The van der Waals surface area contributed by atoms with Crippen molar-refractivity contribution in [3.8, 4) is 0 Å². The maximum Gasteiger partial charge on any atom is 0.256 e. The average Bonchev–Trinajstić information content (AvgIpc) is 2.47. The Balaban J connectivity index is 2.12. The van der Waals surface area contributed by atoms with E-state index in [4.69, 9.17) is 5.73 Å². The molecule has 2 rings (SSSR count). The highest BCUT2D eigenvalue weighted by atomic mass is 16.2. The van der Waals surface area contributed by atoms with Crippen molar-refractivity contribution in [2.45, 2.75) is 32.6 Å². The van der Waals surface area contributed by atoms with Crippen molar-refractivity contribution >= 4 is 17.3 Å². The minimum Gasteiger partial charge on any atom is -0.399 e. The lowest BCUT2D eigenvalue weighted by Gasteiger charge is -2.33. The number of nitrogen functional groups attached to an aromatic ring is 1. The van der Waals surface area contributed by atoms with Crippen LogP contribution in [0.4, 0.5) is 11.4 Å². The monoisotopic (exact) mass is 289 g/mol. The van der Waals surface area contributed by atoms with Crippen LogP contribution in [0.3, 0.4) is 0 Å². The topological polar surface area (TPSA) is 49.6 Å². The number of benzene rings is 1. The lowest BCUT2D eigenvalue weighted by atomic mass is 9.92. The van der Waals surface area contributed by atoms with E-state index < -0.39 is 0 Å². The van der Waals surface area contributed by atoms with E-state index in [0.717, 1.165) is 37.5 Å². The van der Waals surface area contributed by atoms with Crippen molar-refractivity contribution in [3.05, 3.63) is 23.8 Å². The molecule has 2 N–H and O–H groups in total. The average molecular weight is 289 g/mol. The van der Waals surface area contributed by atoms with E-state index in [-0.39, 0.29) is 5.91 Å². The first-order chi connectivity index (χ1) is 10.0. The molecule has 0 radical (unpaired) electrons. The first kappa shape index (κ1) is 15.7. The molecule has 0 aromatic heterocycles. The van der Waals surface area contributed by atoms with Crippen molar-refractivity contribution in [3.63, 3.8) is 0 Å². The summed E-state index contributed by atoms with van der Waals surface area (Å²) in [5.74, 6) is 0.897. The Morgan fingerprint density at radius 1 is 1.33 bits per heavy atom. The van der Waals surface area contributed by atoms with Crippen molar-refractivity contribution in [2.24, 2.45) is 5.92 Å². The number of rotatable bonds is 4. The van der Waals surface area contributed by atoms with E-state index in [1.807, 2.05) is 36.0 Å². The third-order valence-electron chi connectivity index (χ3n) is 4.33. The number of hydrogen-bond donors (Lipinski definition) is 1. The number of nitrogens with zero attached hydrogens (tertiary/aromatic N) is 2. The summed E-state index contributed by atoms with van der Waals surface area (Å²) in [6, 6.07) is 5.57. The molecule has 116 valence electrons. The number of hydrogen-bond acceptors (Lipinski definition) is 3. The first-order valence-corrected chi connectivity index (χ1v) is 7.89. The molecule has 0 atom stereocenters. The molecule has 0 spiro atoms. The highest BCUT2D eigenvalue weighted by Gasteiger charge is 2.25. The Morgan fingerprint density at radius 2 is 2.00 bits per heavy atom. The molecule has 1 aromatic carbocycles. The first-order valence-electron chi connectivity index (χ1n) is 7.89. The van der Waals surface area contributed by atoms with E-state index in [1.165, 1.54) is 12.8 Å². The predicted octanol–water partition coefficient (Wildman–Crippen LogP) is 2.99. The summed E-state index contributed by atoms with van der Waals surface area (Å²) < 4.78 is 0. The quantitative estimate of drug-likeness (QED) is 0.867. The fraction of sp³-hybridized carbons (Fsp3) is 0.588. The van der Waals surface area contributed by atoms with Crippen molar-refractivity contribution < 1.29 is 4.79 Å². The number of likely N-dealkylation sites (tertiary alicyclic amines) is 1. The van der Waals surface area contributed by atoms with Crippen LogP contribution in [0.2, 0.25) is 0 Å². The molecule has 0 bridgehead atoms. The van der Waals surface area contributed by atoms with Gasteiger partial charge in [-0.25, -0.2) is 0 Å². The zero-order valence-electron chi connectivity index (χ0n) is 13.4. The molecule has 4 heteroatoms. The molecule has 1 aromatic rings. The van der Waals surface area contributed by atoms with Crippen molar-refractivity contribution in [1.82, 2.24) is 4.90 Å². The minimum absolute atomic E-state index is 0.112. The zero-order valence-corrected chi connectivity index (χ0v) is 13.4. The van der Waals surface area contributed by atoms with E-state index in [0.29, 0.717) is 11.3 Å². The van der Waals surface area contributed by atoms with Gasteiger partial charge in [0.05, 0.1) is 5.56 Å². The summed E-state index contributed by atoms with van der Waals surface area (Å²) in [6.07, 6.45) is 4.76. The summed E-state index contributed by atoms with van der Waals surface area (Å²) in [4.78, 5) is 16.7. The van der Waals surface area contributed by atoms with Crippen LogP contribution in [0.5, 0.6) is 0 Å². The van der Waals surface area contributed by atoms with Crippen LogP contribution in [-0.4, -0.2) is 38.0 Å². The van der Waals surface area contributed by atoms with Gasteiger partial charge < -0.3 is 15.5 Å². The van der Waals surface area contributed by atoms with Gasteiger partial charge >= 0.3 is 0 Å². The Morgan fingerprint density at radius 3 is 2.57 bits per heavy atom. The smallest absolute Gasteiger partial charge is 0.256 e. The molecule has 0 aliphatic carbocycles. The molecule has 1 aliphatic heterocycles. The SMILES string of the molecule is CCCC1CCN(C(=O)c2cc(N)ccc2N(C)C)CC1. The van der Waals surface area contributed by atoms with E-state index >= 15 is 0 Å². The lowest BCUT2D eigenvalue weighted by molar-refractivity contribution is 0.0687. The van der Waals surface area contributed by atoms with Gasteiger partial charge in [-0.3, -0.25) is 4.79 Å². The van der Waals surface area contributed by atoms with Gasteiger partial charge in [-0.15, -0.1) is 0 Å². The number of anilines is 2. The molecule has 1 saturated heterocycles. The number of piperidine rings is 1. The largest absolute Gasteiger partial charge is 0.399 e. The van der Waals surface area contributed by atoms with Crippen LogP contribution in [0, 0.1) is 5.92 Å². The summed E-state index contributed by atoms with van der Waals surface area (Å²) in [6.45, 7) is 3.96. The van der Waals surface area contributed by atoms with Gasteiger partial charge in [0, 0.05) is 38.6 Å². The normalized spacial score (nSPS) is 16.0. The Hall–Kier alpha value is -1.71. The second-order valence-corrected chi connectivity index (χ2v) is 6.20. The number of carbonyl (C=O) groups is 1. The van der Waals surface area contributed by atoms with Crippen LogP contribution in [-0.2, 0) is 0 Å². The third kappa shape index (κ3) is 3.69. The van der Waals surface area contributed by atoms with Gasteiger partial charge in [0.25, 0.3) is 5.91 Å². The van der Waals surface area contributed by atoms with Crippen molar-refractivity contribution in [1.29, 1.82) is 0 Å². The number of amides is 1. The third-order valence-corrected chi connectivity index (χ3v) is 4.33. The minimum atomic E-state index is 0.112. The van der Waals surface area contributed by atoms with Gasteiger partial charge in [0.1, 0.15) is 0 Å². The van der Waals surface area contributed by atoms with Crippen LogP contribution in [0.25, 0.3) is 0 Å². The van der Waals surface area contributed by atoms with E-state index in [2.05, 4.69) is 6.92 Å². The van der Waals surface area contributed by atoms with Gasteiger partial charge in [-0.05, 0) is 37.0 Å². The van der Waals surface area contributed by atoms with E-state index in [1.54, 1.807) is 6.07 Å². The lowest BCUT2D eigenvalue weighted by Crippen LogP contribution is -2.39. The molecule has 1 aliphatic rings. The molecule has 0 saturated carbocycles. The highest BCUT2D eigenvalue weighted by Crippen LogP contribution is 2.27. The van der Waals surface area contributed by atoms with E-state index in [9.17, 15) is 4.79 Å². The summed E-state index contributed by atoms with van der Waals surface area (Å²) in [5, 5.41) is 0. The van der Waals surface area contributed by atoms with Crippen LogP contribution in [0.1, 0.15) is 43.0 Å². The van der Waals surface area contributed by atoms with Gasteiger partial charge in [-0.1, -0.05) is 19.8 Å².